The maximum absolute atomic E-state index is 12.6. The molecule has 134 valence electrons. The number of carbonyl (C=O) groups is 2. The standard InChI is InChI=1S/C17H28N4O2S/c1-4-10-24-11-6-8-18-17(23)14(5-2)21-15-12-13(3)19-20(15)9-7-16(21)22/h12,14H,4-11H2,1-3H3,(H,18,23)/t14-/m1/s1. The van der Waals surface area contributed by atoms with Gasteiger partial charge >= 0.3 is 0 Å². The van der Waals surface area contributed by atoms with E-state index < -0.39 is 6.04 Å². The predicted octanol–water partition coefficient (Wildman–Crippen LogP) is 2.36. The van der Waals surface area contributed by atoms with Gasteiger partial charge in [0.25, 0.3) is 0 Å². The number of hydrogen-bond donors (Lipinski definition) is 1. The second-order valence-corrected chi connectivity index (χ2v) is 7.29. The zero-order chi connectivity index (χ0) is 17.5. The number of carbonyl (C=O) groups excluding carboxylic acids is 2. The fraction of sp³-hybridized carbons (Fsp3) is 0.706. The summed E-state index contributed by atoms with van der Waals surface area (Å²) in [6.45, 7) is 7.26. The molecule has 0 aromatic carbocycles. The van der Waals surface area contributed by atoms with Crippen LogP contribution in [0.25, 0.3) is 0 Å². The molecule has 1 aromatic heterocycles. The number of fused-ring (bicyclic) bond motifs is 1. The maximum Gasteiger partial charge on any atom is 0.243 e. The lowest BCUT2D eigenvalue weighted by Crippen LogP contribution is -2.52. The molecule has 1 aliphatic heterocycles. The summed E-state index contributed by atoms with van der Waals surface area (Å²) >= 11 is 1.91. The molecule has 0 saturated carbocycles. The Balaban J connectivity index is 1.97. The number of nitrogens with zero attached hydrogens (tertiary/aromatic N) is 3. The number of nitrogens with one attached hydrogen (secondary N) is 1. The summed E-state index contributed by atoms with van der Waals surface area (Å²) in [6, 6.07) is 1.42. The van der Waals surface area contributed by atoms with Gasteiger partial charge in [-0.2, -0.15) is 16.9 Å². The van der Waals surface area contributed by atoms with Crippen LogP contribution in [0, 0.1) is 6.92 Å². The molecule has 7 heteroatoms. The van der Waals surface area contributed by atoms with E-state index in [1.54, 1.807) is 4.90 Å². The molecule has 6 nitrogen and oxygen atoms in total. The molecule has 0 fully saturated rings. The summed E-state index contributed by atoms with van der Waals surface area (Å²) in [6.07, 6.45) is 3.12. The molecule has 1 aliphatic rings. The number of amides is 2. The van der Waals surface area contributed by atoms with Crippen LogP contribution in [0.15, 0.2) is 6.07 Å². The van der Waals surface area contributed by atoms with E-state index in [1.807, 2.05) is 36.4 Å². The molecule has 0 spiro atoms. The minimum atomic E-state index is -0.462. The van der Waals surface area contributed by atoms with Crippen LogP contribution in [-0.2, 0) is 16.1 Å². The van der Waals surface area contributed by atoms with Crippen LogP contribution in [0.2, 0.25) is 0 Å². The number of thioether (sulfide) groups is 1. The monoisotopic (exact) mass is 352 g/mol. The topological polar surface area (TPSA) is 67.2 Å². The van der Waals surface area contributed by atoms with Crippen molar-refractivity contribution in [2.45, 2.75) is 59.0 Å². The Kier molecular flexibility index (Phi) is 7.15. The van der Waals surface area contributed by atoms with Crippen molar-refractivity contribution in [3.8, 4) is 0 Å². The molecule has 1 N–H and O–H groups in total. The van der Waals surface area contributed by atoms with E-state index in [0.29, 0.717) is 25.9 Å². The van der Waals surface area contributed by atoms with Gasteiger partial charge in [0.05, 0.1) is 12.2 Å². The highest BCUT2D eigenvalue weighted by molar-refractivity contribution is 7.99. The number of anilines is 1. The summed E-state index contributed by atoms with van der Waals surface area (Å²) in [5.41, 5.74) is 0.868. The van der Waals surface area contributed by atoms with Crippen molar-refractivity contribution in [3.63, 3.8) is 0 Å². The van der Waals surface area contributed by atoms with E-state index in [9.17, 15) is 9.59 Å². The molecule has 1 aromatic rings. The molecular formula is C17H28N4O2S. The normalized spacial score (nSPS) is 15.3. The zero-order valence-corrected chi connectivity index (χ0v) is 15.7. The Bertz CT molecular complexity index is 573. The lowest BCUT2D eigenvalue weighted by Gasteiger charge is -2.33. The van der Waals surface area contributed by atoms with Gasteiger partial charge in [0.2, 0.25) is 11.8 Å². The van der Waals surface area contributed by atoms with Crippen LogP contribution in [-0.4, -0.2) is 45.7 Å². The molecule has 24 heavy (non-hydrogen) atoms. The van der Waals surface area contributed by atoms with E-state index >= 15 is 0 Å². The van der Waals surface area contributed by atoms with Gasteiger partial charge in [0.1, 0.15) is 11.9 Å². The van der Waals surface area contributed by atoms with Crippen LogP contribution >= 0.6 is 11.8 Å². The van der Waals surface area contributed by atoms with Crippen molar-refractivity contribution in [2.75, 3.05) is 23.0 Å². The van der Waals surface area contributed by atoms with Crippen molar-refractivity contribution in [1.29, 1.82) is 0 Å². The van der Waals surface area contributed by atoms with Gasteiger partial charge in [-0.15, -0.1) is 0 Å². The first-order valence-electron chi connectivity index (χ1n) is 8.80. The van der Waals surface area contributed by atoms with Gasteiger partial charge in [0.15, 0.2) is 0 Å². The molecule has 1 atom stereocenters. The van der Waals surface area contributed by atoms with Crippen LogP contribution < -0.4 is 10.2 Å². The number of rotatable bonds is 9. The van der Waals surface area contributed by atoms with E-state index in [2.05, 4.69) is 17.3 Å². The Morgan fingerprint density at radius 3 is 2.92 bits per heavy atom. The van der Waals surface area contributed by atoms with Gasteiger partial charge < -0.3 is 5.32 Å². The third kappa shape index (κ3) is 4.53. The van der Waals surface area contributed by atoms with E-state index in [1.165, 1.54) is 6.42 Å². The third-order valence-electron chi connectivity index (χ3n) is 4.05. The highest BCUT2D eigenvalue weighted by Gasteiger charge is 2.34. The Labute approximate surface area is 148 Å². The van der Waals surface area contributed by atoms with Crippen LogP contribution in [0.1, 0.15) is 45.2 Å². The average molecular weight is 353 g/mol. The van der Waals surface area contributed by atoms with Crippen molar-refractivity contribution in [1.82, 2.24) is 15.1 Å². The van der Waals surface area contributed by atoms with E-state index in [4.69, 9.17) is 0 Å². The second-order valence-electron chi connectivity index (χ2n) is 6.06. The smallest absolute Gasteiger partial charge is 0.243 e. The maximum atomic E-state index is 12.6. The summed E-state index contributed by atoms with van der Waals surface area (Å²) < 4.78 is 1.83. The van der Waals surface area contributed by atoms with Crippen LogP contribution in [0.3, 0.4) is 0 Å². The molecule has 0 unspecified atom stereocenters. The van der Waals surface area contributed by atoms with Gasteiger partial charge in [0, 0.05) is 19.0 Å². The summed E-state index contributed by atoms with van der Waals surface area (Å²) in [5.74, 6) is 2.89. The highest BCUT2D eigenvalue weighted by atomic mass is 32.2. The number of hydrogen-bond acceptors (Lipinski definition) is 4. The van der Waals surface area contributed by atoms with E-state index in [0.717, 1.165) is 29.4 Å². The van der Waals surface area contributed by atoms with Gasteiger partial charge in [-0.05, 0) is 37.7 Å². The molecule has 0 radical (unpaired) electrons. The van der Waals surface area contributed by atoms with Gasteiger partial charge in [-0.1, -0.05) is 13.8 Å². The minimum Gasteiger partial charge on any atom is -0.354 e. The quantitative estimate of drug-likeness (QED) is 0.693. The van der Waals surface area contributed by atoms with Gasteiger partial charge in [-0.25, -0.2) is 4.68 Å². The molecule has 0 saturated heterocycles. The molecular weight excluding hydrogens is 324 g/mol. The highest BCUT2D eigenvalue weighted by Crippen LogP contribution is 2.25. The largest absolute Gasteiger partial charge is 0.354 e. The van der Waals surface area contributed by atoms with Crippen molar-refractivity contribution < 1.29 is 9.59 Å². The Morgan fingerprint density at radius 1 is 1.42 bits per heavy atom. The fourth-order valence-corrected chi connectivity index (χ4v) is 3.75. The first-order valence-corrected chi connectivity index (χ1v) is 9.95. The Morgan fingerprint density at radius 2 is 2.21 bits per heavy atom. The van der Waals surface area contributed by atoms with Crippen molar-refractivity contribution >= 4 is 29.4 Å². The Hall–Kier alpha value is -1.50. The average Bonchev–Trinajstić information content (AvgIpc) is 2.94. The van der Waals surface area contributed by atoms with Crippen LogP contribution in [0.4, 0.5) is 5.82 Å². The number of aryl methyl sites for hydroxylation is 2. The third-order valence-corrected chi connectivity index (χ3v) is 5.32. The van der Waals surface area contributed by atoms with Crippen molar-refractivity contribution in [2.24, 2.45) is 0 Å². The number of aromatic nitrogens is 2. The molecule has 0 aliphatic carbocycles. The van der Waals surface area contributed by atoms with Crippen molar-refractivity contribution in [3.05, 3.63) is 11.8 Å². The minimum absolute atomic E-state index is 0.00269. The van der Waals surface area contributed by atoms with Gasteiger partial charge in [-0.3, -0.25) is 14.5 Å². The lowest BCUT2D eigenvalue weighted by molar-refractivity contribution is -0.127. The van der Waals surface area contributed by atoms with E-state index in [-0.39, 0.29) is 11.8 Å². The fourth-order valence-electron chi connectivity index (χ4n) is 2.91. The first kappa shape index (κ1) is 18.8. The molecule has 0 bridgehead atoms. The first-order chi connectivity index (χ1) is 11.6. The molecule has 2 heterocycles. The zero-order valence-electron chi connectivity index (χ0n) is 14.9. The predicted molar refractivity (Wildman–Crippen MR) is 98.4 cm³/mol. The summed E-state index contributed by atoms with van der Waals surface area (Å²) in [5, 5.41) is 7.39. The molecule has 2 rings (SSSR count). The molecule has 2 amide bonds. The summed E-state index contributed by atoms with van der Waals surface area (Å²) in [4.78, 5) is 26.6. The second kappa shape index (κ2) is 9.11. The van der Waals surface area contributed by atoms with Crippen LogP contribution in [0.5, 0.6) is 0 Å². The lowest BCUT2D eigenvalue weighted by atomic mass is 10.1. The SMILES string of the molecule is CCCSCCCNC(=O)[C@@H](CC)N1C(=O)CCn2nc(C)cc21. The summed E-state index contributed by atoms with van der Waals surface area (Å²) in [7, 11) is 0.